The number of aromatic nitrogens is 2. The summed E-state index contributed by atoms with van der Waals surface area (Å²) in [6.07, 6.45) is 3.55. The number of nitrogens with one attached hydrogen (secondary N) is 1. The van der Waals surface area contributed by atoms with E-state index >= 15 is 0 Å². The molecule has 1 aromatic heterocycles. The zero-order valence-corrected chi connectivity index (χ0v) is 13.3. The van der Waals surface area contributed by atoms with Gasteiger partial charge in [-0.15, -0.1) is 0 Å². The number of anilines is 2. The van der Waals surface area contributed by atoms with Crippen LogP contribution in [0.5, 0.6) is 5.75 Å². The minimum atomic E-state index is -0.0944. The molecular formula is C16H20N4O3. The largest absolute Gasteiger partial charge is 0.490 e. The van der Waals surface area contributed by atoms with Crippen molar-refractivity contribution in [1.29, 1.82) is 0 Å². The molecule has 1 aliphatic heterocycles. The molecule has 0 aliphatic carbocycles. The van der Waals surface area contributed by atoms with Gasteiger partial charge in [0.15, 0.2) is 0 Å². The number of imidazole rings is 1. The fraction of sp³-hybridized carbons (Fsp3) is 0.375. The summed E-state index contributed by atoms with van der Waals surface area (Å²) in [6.45, 7) is 2.16. The topological polar surface area (TPSA) is 70.7 Å². The molecule has 1 N–H and O–H groups in total. The first kappa shape index (κ1) is 15.4. The smallest absolute Gasteiger partial charge is 0.252 e. The Morgan fingerprint density at radius 2 is 2.39 bits per heavy atom. The Bertz CT molecular complexity index is 672. The quantitative estimate of drug-likeness (QED) is 0.903. The summed E-state index contributed by atoms with van der Waals surface area (Å²) in [5, 5.41) is 0. The predicted octanol–water partition coefficient (Wildman–Crippen LogP) is 1.42. The van der Waals surface area contributed by atoms with E-state index in [1.807, 2.05) is 24.4 Å². The maximum absolute atomic E-state index is 12.0. The summed E-state index contributed by atoms with van der Waals surface area (Å²) in [5.74, 6) is 0.728. The number of ether oxygens (including phenoxy) is 2. The molecule has 0 saturated carbocycles. The molecule has 0 spiro atoms. The Hall–Kier alpha value is -2.54. The van der Waals surface area contributed by atoms with Crippen molar-refractivity contribution < 1.29 is 14.3 Å². The number of carbonyl (C=O) groups excluding carboxylic acids is 1. The van der Waals surface area contributed by atoms with E-state index in [0.717, 1.165) is 29.4 Å². The SMILES string of the molecule is COCC(=O)N(C)c1ccc2c(c1)N(Cc1c[nH]cn1)CCO2. The van der Waals surface area contributed by atoms with Gasteiger partial charge in [0, 0.05) is 26.0 Å². The van der Waals surface area contributed by atoms with E-state index < -0.39 is 0 Å². The molecule has 7 nitrogen and oxygen atoms in total. The molecule has 0 radical (unpaired) electrons. The number of carbonyl (C=O) groups is 1. The second-order valence-corrected chi connectivity index (χ2v) is 5.37. The molecule has 0 atom stereocenters. The van der Waals surface area contributed by atoms with Crippen molar-refractivity contribution in [3.63, 3.8) is 0 Å². The fourth-order valence-electron chi connectivity index (χ4n) is 2.57. The maximum Gasteiger partial charge on any atom is 0.252 e. The van der Waals surface area contributed by atoms with Crippen molar-refractivity contribution in [3.8, 4) is 5.75 Å². The highest BCUT2D eigenvalue weighted by molar-refractivity contribution is 5.94. The van der Waals surface area contributed by atoms with Gasteiger partial charge in [0.1, 0.15) is 19.0 Å². The van der Waals surface area contributed by atoms with Gasteiger partial charge < -0.3 is 24.3 Å². The summed E-state index contributed by atoms with van der Waals surface area (Å²) in [6, 6.07) is 5.75. The average Bonchev–Trinajstić information content (AvgIpc) is 3.07. The van der Waals surface area contributed by atoms with Crippen LogP contribution in [0.25, 0.3) is 0 Å². The van der Waals surface area contributed by atoms with Gasteiger partial charge in [0.25, 0.3) is 5.91 Å². The van der Waals surface area contributed by atoms with Crippen molar-refractivity contribution in [2.75, 3.05) is 43.7 Å². The van der Waals surface area contributed by atoms with E-state index in [-0.39, 0.29) is 12.5 Å². The third-order valence-electron chi connectivity index (χ3n) is 3.84. The zero-order valence-electron chi connectivity index (χ0n) is 13.3. The van der Waals surface area contributed by atoms with Crippen LogP contribution in [0.2, 0.25) is 0 Å². The molecule has 3 rings (SSSR count). The van der Waals surface area contributed by atoms with Crippen molar-refractivity contribution in [1.82, 2.24) is 9.97 Å². The highest BCUT2D eigenvalue weighted by Gasteiger charge is 2.21. The van der Waals surface area contributed by atoms with Crippen LogP contribution in [0.4, 0.5) is 11.4 Å². The molecule has 1 aliphatic rings. The van der Waals surface area contributed by atoms with Gasteiger partial charge in [-0.3, -0.25) is 4.79 Å². The van der Waals surface area contributed by atoms with E-state index in [1.165, 1.54) is 7.11 Å². The van der Waals surface area contributed by atoms with E-state index in [1.54, 1.807) is 18.3 Å². The van der Waals surface area contributed by atoms with Gasteiger partial charge in [-0.2, -0.15) is 0 Å². The van der Waals surface area contributed by atoms with Crippen molar-refractivity contribution in [3.05, 3.63) is 36.4 Å². The first-order valence-corrected chi connectivity index (χ1v) is 7.44. The molecule has 2 heterocycles. The standard InChI is InChI=1S/C16H20N4O3/c1-19(16(21)10-22-2)13-3-4-15-14(7-13)20(5-6-23-15)9-12-8-17-11-18-12/h3-4,7-8,11H,5-6,9-10H2,1-2H3,(H,17,18). The molecule has 7 heteroatoms. The molecule has 23 heavy (non-hydrogen) atoms. The zero-order chi connectivity index (χ0) is 16.2. The predicted molar refractivity (Wildman–Crippen MR) is 86.9 cm³/mol. The number of likely N-dealkylation sites (N-methyl/N-ethyl adjacent to an activating group) is 1. The molecule has 0 fully saturated rings. The Kier molecular flexibility index (Phi) is 4.47. The van der Waals surface area contributed by atoms with Gasteiger partial charge in [0.05, 0.1) is 30.8 Å². The van der Waals surface area contributed by atoms with Gasteiger partial charge >= 0.3 is 0 Å². The van der Waals surface area contributed by atoms with Crippen LogP contribution in [-0.2, 0) is 16.1 Å². The van der Waals surface area contributed by atoms with Crippen LogP contribution in [0.1, 0.15) is 5.69 Å². The van der Waals surface area contributed by atoms with E-state index in [4.69, 9.17) is 9.47 Å². The Balaban J connectivity index is 1.85. The number of hydrogen-bond donors (Lipinski definition) is 1. The number of amides is 1. The summed E-state index contributed by atoms with van der Waals surface area (Å²) in [5.41, 5.74) is 2.74. The normalized spacial score (nSPS) is 13.4. The van der Waals surface area contributed by atoms with Crippen LogP contribution in [0, 0.1) is 0 Å². The van der Waals surface area contributed by atoms with E-state index in [0.29, 0.717) is 13.2 Å². The third kappa shape index (κ3) is 3.29. The number of benzene rings is 1. The average molecular weight is 316 g/mol. The second kappa shape index (κ2) is 6.70. The number of aromatic amines is 1. The van der Waals surface area contributed by atoms with Gasteiger partial charge in [-0.25, -0.2) is 4.98 Å². The van der Waals surface area contributed by atoms with E-state index in [9.17, 15) is 4.79 Å². The Labute approximate surface area is 134 Å². The van der Waals surface area contributed by atoms with Crippen molar-refractivity contribution >= 4 is 17.3 Å². The van der Waals surface area contributed by atoms with Crippen LogP contribution in [0.3, 0.4) is 0 Å². The maximum atomic E-state index is 12.0. The van der Waals surface area contributed by atoms with E-state index in [2.05, 4.69) is 14.9 Å². The van der Waals surface area contributed by atoms with Crippen LogP contribution < -0.4 is 14.5 Å². The molecule has 122 valence electrons. The van der Waals surface area contributed by atoms with Crippen LogP contribution >= 0.6 is 0 Å². The molecule has 0 unspecified atom stereocenters. The minimum absolute atomic E-state index is 0.0566. The number of H-pyrrole nitrogens is 1. The summed E-state index contributed by atoms with van der Waals surface area (Å²) < 4.78 is 10.6. The molecule has 0 bridgehead atoms. The van der Waals surface area contributed by atoms with Crippen LogP contribution in [-0.4, -0.2) is 49.8 Å². The first-order chi connectivity index (χ1) is 11.2. The van der Waals surface area contributed by atoms with Crippen LogP contribution in [0.15, 0.2) is 30.7 Å². The van der Waals surface area contributed by atoms with Gasteiger partial charge in [-0.1, -0.05) is 0 Å². The number of fused-ring (bicyclic) bond motifs is 1. The lowest BCUT2D eigenvalue weighted by molar-refractivity contribution is -0.121. The lowest BCUT2D eigenvalue weighted by Gasteiger charge is -2.32. The monoisotopic (exact) mass is 316 g/mol. The fourth-order valence-corrected chi connectivity index (χ4v) is 2.57. The van der Waals surface area contributed by atoms with Crippen molar-refractivity contribution in [2.45, 2.75) is 6.54 Å². The lowest BCUT2D eigenvalue weighted by Crippen LogP contribution is -2.33. The number of rotatable bonds is 5. The molecule has 1 amide bonds. The highest BCUT2D eigenvalue weighted by atomic mass is 16.5. The minimum Gasteiger partial charge on any atom is -0.490 e. The van der Waals surface area contributed by atoms with Gasteiger partial charge in [-0.05, 0) is 18.2 Å². The second-order valence-electron chi connectivity index (χ2n) is 5.37. The third-order valence-corrected chi connectivity index (χ3v) is 3.84. The molecule has 1 aromatic carbocycles. The Morgan fingerprint density at radius 3 is 3.13 bits per heavy atom. The summed E-state index contributed by atoms with van der Waals surface area (Å²) in [7, 11) is 3.25. The molecule has 2 aromatic rings. The molecular weight excluding hydrogens is 296 g/mol. The number of nitrogens with zero attached hydrogens (tertiary/aromatic N) is 3. The van der Waals surface area contributed by atoms with Gasteiger partial charge in [0.2, 0.25) is 0 Å². The lowest BCUT2D eigenvalue weighted by atomic mass is 10.2. The first-order valence-electron chi connectivity index (χ1n) is 7.44. The highest BCUT2D eigenvalue weighted by Crippen LogP contribution is 2.35. The van der Waals surface area contributed by atoms with Crippen molar-refractivity contribution in [2.24, 2.45) is 0 Å². The summed E-state index contributed by atoms with van der Waals surface area (Å²) >= 11 is 0. The number of methoxy groups -OCH3 is 1. The number of hydrogen-bond acceptors (Lipinski definition) is 5. The summed E-state index contributed by atoms with van der Waals surface area (Å²) in [4.78, 5) is 23.0. The molecule has 0 saturated heterocycles. The Morgan fingerprint density at radius 1 is 1.52 bits per heavy atom.